The Hall–Kier alpha value is -2.57. The summed E-state index contributed by atoms with van der Waals surface area (Å²) in [5.74, 6) is -0.370. The van der Waals surface area contributed by atoms with Crippen molar-refractivity contribution in [1.29, 1.82) is 0 Å². The molecule has 7 heteroatoms. The van der Waals surface area contributed by atoms with Gasteiger partial charge in [-0.1, -0.05) is 6.07 Å². The summed E-state index contributed by atoms with van der Waals surface area (Å²) in [5, 5.41) is 10.3. The van der Waals surface area contributed by atoms with E-state index in [2.05, 4.69) is 21.3 Å². The van der Waals surface area contributed by atoms with Crippen LogP contribution in [0.3, 0.4) is 0 Å². The van der Waals surface area contributed by atoms with E-state index in [4.69, 9.17) is 0 Å². The molecule has 0 aliphatic heterocycles. The maximum Gasteiger partial charge on any atom is 0.319 e. The van der Waals surface area contributed by atoms with Crippen molar-refractivity contribution in [3.63, 3.8) is 0 Å². The summed E-state index contributed by atoms with van der Waals surface area (Å²) in [6, 6.07) is 6.19. The highest BCUT2D eigenvalue weighted by atomic mass is 16.2. The van der Waals surface area contributed by atoms with E-state index >= 15 is 0 Å². The van der Waals surface area contributed by atoms with Crippen molar-refractivity contribution in [2.24, 2.45) is 0 Å². The molecule has 4 N–H and O–H groups in total. The van der Waals surface area contributed by atoms with Crippen molar-refractivity contribution >= 4 is 23.5 Å². The lowest BCUT2D eigenvalue weighted by Gasteiger charge is -2.09. The Balaban J connectivity index is 2.45. The molecule has 0 atom stereocenters. The van der Waals surface area contributed by atoms with E-state index < -0.39 is 6.03 Å². The molecule has 108 valence electrons. The highest BCUT2D eigenvalue weighted by Crippen LogP contribution is 2.10. The third kappa shape index (κ3) is 5.38. The second-order valence-electron chi connectivity index (χ2n) is 4.02. The van der Waals surface area contributed by atoms with Crippen LogP contribution < -0.4 is 21.3 Å². The lowest BCUT2D eigenvalue weighted by atomic mass is 10.2. The molecule has 0 aromatic heterocycles. The number of nitrogens with one attached hydrogen (secondary N) is 4. The third-order valence-corrected chi connectivity index (χ3v) is 2.39. The summed E-state index contributed by atoms with van der Waals surface area (Å²) >= 11 is 0. The maximum atomic E-state index is 11.6. The van der Waals surface area contributed by atoms with Crippen LogP contribution in [0.1, 0.15) is 17.3 Å². The Labute approximate surface area is 117 Å². The van der Waals surface area contributed by atoms with Crippen LogP contribution in [-0.4, -0.2) is 38.0 Å². The van der Waals surface area contributed by atoms with Gasteiger partial charge >= 0.3 is 6.03 Å². The fourth-order valence-electron chi connectivity index (χ4n) is 1.47. The first kappa shape index (κ1) is 15.5. The molecule has 0 saturated heterocycles. The standard InChI is InChI=1S/C13H18N4O3/c1-9(18)15-6-7-16-13(20)17-11-5-3-4-10(8-11)12(19)14-2/h3-5,8H,6-7H2,1-2H3,(H,14,19)(H,15,18)(H2,16,17,20). The van der Waals surface area contributed by atoms with Crippen molar-refractivity contribution in [3.8, 4) is 0 Å². The van der Waals surface area contributed by atoms with Crippen LogP contribution in [0, 0.1) is 0 Å². The first-order valence-corrected chi connectivity index (χ1v) is 6.14. The fraction of sp³-hybridized carbons (Fsp3) is 0.308. The average molecular weight is 278 g/mol. The lowest BCUT2D eigenvalue weighted by molar-refractivity contribution is -0.118. The van der Waals surface area contributed by atoms with Gasteiger partial charge in [0.25, 0.3) is 5.91 Å². The minimum atomic E-state index is -0.399. The van der Waals surface area contributed by atoms with Crippen LogP contribution in [-0.2, 0) is 4.79 Å². The summed E-state index contributed by atoms with van der Waals surface area (Å²) in [6.45, 7) is 2.09. The number of carbonyl (C=O) groups excluding carboxylic acids is 3. The molecule has 0 heterocycles. The van der Waals surface area contributed by atoms with Gasteiger partial charge in [-0.3, -0.25) is 9.59 Å². The highest BCUT2D eigenvalue weighted by molar-refractivity contribution is 5.96. The number of hydrogen-bond donors (Lipinski definition) is 4. The molecule has 1 aromatic carbocycles. The van der Waals surface area contributed by atoms with E-state index in [0.29, 0.717) is 24.3 Å². The molecule has 0 radical (unpaired) electrons. The highest BCUT2D eigenvalue weighted by Gasteiger charge is 2.05. The minimum absolute atomic E-state index is 0.148. The lowest BCUT2D eigenvalue weighted by Crippen LogP contribution is -2.36. The zero-order valence-electron chi connectivity index (χ0n) is 11.4. The largest absolute Gasteiger partial charge is 0.355 e. The molecule has 0 aliphatic carbocycles. The number of rotatable bonds is 5. The number of carbonyl (C=O) groups is 3. The number of amides is 4. The second kappa shape index (κ2) is 7.78. The van der Waals surface area contributed by atoms with Crippen LogP contribution >= 0.6 is 0 Å². The van der Waals surface area contributed by atoms with Gasteiger partial charge in [-0.2, -0.15) is 0 Å². The van der Waals surface area contributed by atoms with Crippen molar-refractivity contribution in [2.45, 2.75) is 6.92 Å². The quantitative estimate of drug-likeness (QED) is 0.583. The molecule has 20 heavy (non-hydrogen) atoms. The molecule has 0 fully saturated rings. The molecule has 4 amide bonds. The topological polar surface area (TPSA) is 99.3 Å². The van der Waals surface area contributed by atoms with Gasteiger partial charge in [0.05, 0.1) is 0 Å². The van der Waals surface area contributed by atoms with Crippen LogP contribution in [0.15, 0.2) is 24.3 Å². The molecular formula is C13H18N4O3. The molecule has 0 saturated carbocycles. The third-order valence-electron chi connectivity index (χ3n) is 2.39. The van der Waals surface area contributed by atoms with Gasteiger partial charge in [0.15, 0.2) is 0 Å². The Morgan fingerprint density at radius 1 is 1.10 bits per heavy atom. The molecular weight excluding hydrogens is 260 g/mol. The Morgan fingerprint density at radius 3 is 2.45 bits per heavy atom. The molecule has 1 aromatic rings. The maximum absolute atomic E-state index is 11.6. The zero-order chi connectivity index (χ0) is 15.0. The van der Waals surface area contributed by atoms with E-state index in [1.807, 2.05) is 0 Å². The van der Waals surface area contributed by atoms with Crippen LogP contribution in [0.2, 0.25) is 0 Å². The SMILES string of the molecule is CNC(=O)c1cccc(NC(=O)NCCNC(C)=O)c1. The molecule has 0 unspecified atom stereocenters. The normalized spacial score (nSPS) is 9.50. The molecule has 7 nitrogen and oxygen atoms in total. The number of hydrogen-bond acceptors (Lipinski definition) is 3. The average Bonchev–Trinajstić information content (AvgIpc) is 2.43. The van der Waals surface area contributed by atoms with Crippen LogP contribution in [0.25, 0.3) is 0 Å². The van der Waals surface area contributed by atoms with Gasteiger partial charge in [0.2, 0.25) is 5.91 Å². The van der Waals surface area contributed by atoms with E-state index in [-0.39, 0.29) is 11.8 Å². The van der Waals surface area contributed by atoms with E-state index in [1.54, 1.807) is 24.3 Å². The van der Waals surface area contributed by atoms with Crippen LogP contribution in [0.5, 0.6) is 0 Å². The summed E-state index contributed by atoms with van der Waals surface area (Å²) in [4.78, 5) is 33.7. The Kier molecular flexibility index (Phi) is 6.02. The van der Waals surface area contributed by atoms with Crippen molar-refractivity contribution in [3.05, 3.63) is 29.8 Å². The first-order valence-electron chi connectivity index (χ1n) is 6.14. The van der Waals surface area contributed by atoms with E-state index in [1.165, 1.54) is 14.0 Å². The monoisotopic (exact) mass is 278 g/mol. The summed E-state index contributed by atoms with van der Waals surface area (Å²) in [6.07, 6.45) is 0. The summed E-state index contributed by atoms with van der Waals surface area (Å²) in [5.41, 5.74) is 0.978. The van der Waals surface area contributed by atoms with Gasteiger partial charge in [-0.25, -0.2) is 4.79 Å². The van der Waals surface area contributed by atoms with Gasteiger partial charge in [0.1, 0.15) is 0 Å². The van der Waals surface area contributed by atoms with Crippen molar-refractivity contribution in [2.75, 3.05) is 25.5 Å². The Morgan fingerprint density at radius 2 is 1.80 bits per heavy atom. The minimum Gasteiger partial charge on any atom is -0.355 e. The zero-order valence-corrected chi connectivity index (χ0v) is 11.4. The fourth-order valence-corrected chi connectivity index (χ4v) is 1.47. The number of anilines is 1. The van der Waals surface area contributed by atoms with Gasteiger partial charge in [-0.15, -0.1) is 0 Å². The molecule has 0 spiro atoms. The predicted octanol–water partition coefficient (Wildman–Crippen LogP) is 0.304. The van der Waals surface area contributed by atoms with Crippen molar-refractivity contribution < 1.29 is 14.4 Å². The number of benzene rings is 1. The molecule has 1 rings (SSSR count). The first-order chi connectivity index (χ1) is 9.52. The smallest absolute Gasteiger partial charge is 0.319 e. The van der Waals surface area contributed by atoms with E-state index in [0.717, 1.165) is 0 Å². The van der Waals surface area contributed by atoms with E-state index in [9.17, 15) is 14.4 Å². The van der Waals surface area contributed by atoms with Gasteiger partial charge < -0.3 is 21.3 Å². The summed E-state index contributed by atoms with van der Waals surface area (Å²) in [7, 11) is 1.54. The van der Waals surface area contributed by atoms with Crippen LogP contribution in [0.4, 0.5) is 10.5 Å². The molecule has 0 bridgehead atoms. The van der Waals surface area contributed by atoms with Crippen molar-refractivity contribution in [1.82, 2.24) is 16.0 Å². The number of urea groups is 1. The summed E-state index contributed by atoms with van der Waals surface area (Å²) < 4.78 is 0. The predicted molar refractivity (Wildman–Crippen MR) is 75.5 cm³/mol. The second-order valence-corrected chi connectivity index (χ2v) is 4.02. The molecule has 0 aliphatic rings. The Bertz CT molecular complexity index is 502. The van der Waals surface area contributed by atoms with Gasteiger partial charge in [-0.05, 0) is 18.2 Å². The van der Waals surface area contributed by atoms with Gasteiger partial charge in [0, 0.05) is 38.3 Å².